The van der Waals surface area contributed by atoms with E-state index in [1.807, 2.05) is 60.7 Å². The first kappa shape index (κ1) is 15.9. The smallest absolute Gasteiger partial charge is 0.111 e. The van der Waals surface area contributed by atoms with Crippen molar-refractivity contribution >= 4 is 16.5 Å². The van der Waals surface area contributed by atoms with Crippen molar-refractivity contribution in [1.82, 2.24) is 0 Å². The summed E-state index contributed by atoms with van der Waals surface area (Å²) in [6.45, 7) is 0.246. The standard InChI is InChI=1S/C14H14O5P2/c15-20(17-11-13-7-3-1-4-8-13)19-21(16)18-12-14-9-5-2-6-10-14/h1-10H,11-12H2/q+2. The van der Waals surface area contributed by atoms with Crippen molar-refractivity contribution in [3.63, 3.8) is 0 Å². The van der Waals surface area contributed by atoms with Gasteiger partial charge in [0.25, 0.3) is 0 Å². The highest BCUT2D eigenvalue weighted by Gasteiger charge is 2.39. The van der Waals surface area contributed by atoms with Crippen LogP contribution in [0, 0.1) is 0 Å². The average Bonchev–Trinajstić information content (AvgIpc) is 2.53. The van der Waals surface area contributed by atoms with E-state index in [0.717, 1.165) is 11.1 Å². The Morgan fingerprint density at radius 1 is 0.667 bits per heavy atom. The van der Waals surface area contributed by atoms with Crippen molar-refractivity contribution in [3.05, 3.63) is 71.8 Å². The Balaban J connectivity index is 1.69. The van der Waals surface area contributed by atoms with Crippen molar-refractivity contribution in [2.45, 2.75) is 13.2 Å². The lowest BCUT2D eigenvalue weighted by atomic mass is 10.2. The molecule has 0 amide bonds. The van der Waals surface area contributed by atoms with Gasteiger partial charge in [-0.3, -0.25) is 0 Å². The molecule has 21 heavy (non-hydrogen) atoms. The van der Waals surface area contributed by atoms with Gasteiger partial charge in [0, 0.05) is 9.13 Å². The first-order chi connectivity index (χ1) is 10.2. The Bertz CT molecular complexity index is 535. The molecule has 0 aliphatic rings. The van der Waals surface area contributed by atoms with Crippen LogP contribution in [-0.4, -0.2) is 0 Å². The van der Waals surface area contributed by atoms with Gasteiger partial charge in [0.1, 0.15) is 13.2 Å². The van der Waals surface area contributed by atoms with Gasteiger partial charge in [-0.2, -0.15) is 0 Å². The van der Waals surface area contributed by atoms with E-state index >= 15 is 0 Å². The third kappa shape index (κ3) is 6.21. The summed E-state index contributed by atoms with van der Waals surface area (Å²) in [5, 5.41) is 0. The molecule has 2 rings (SSSR count). The topological polar surface area (TPSA) is 61.8 Å². The van der Waals surface area contributed by atoms with Crippen LogP contribution in [0.5, 0.6) is 0 Å². The van der Waals surface area contributed by atoms with Crippen molar-refractivity contribution in [3.8, 4) is 0 Å². The van der Waals surface area contributed by atoms with Gasteiger partial charge in [-0.25, -0.2) is 0 Å². The molecule has 2 aromatic rings. The van der Waals surface area contributed by atoms with E-state index in [9.17, 15) is 9.13 Å². The van der Waals surface area contributed by atoms with E-state index in [-0.39, 0.29) is 13.2 Å². The first-order valence-corrected chi connectivity index (χ1v) is 8.39. The molecule has 2 atom stereocenters. The molecule has 0 aliphatic heterocycles. The minimum absolute atomic E-state index is 0.123. The summed E-state index contributed by atoms with van der Waals surface area (Å²) in [6, 6.07) is 18.4. The highest BCUT2D eigenvalue weighted by molar-refractivity contribution is 7.47. The maximum atomic E-state index is 11.5. The van der Waals surface area contributed by atoms with Crippen LogP contribution in [0.3, 0.4) is 0 Å². The van der Waals surface area contributed by atoms with Crippen LogP contribution >= 0.6 is 16.5 Å². The number of hydrogen-bond donors (Lipinski definition) is 0. The zero-order valence-electron chi connectivity index (χ0n) is 11.1. The SMILES string of the molecule is O=[P+](OCc1ccccc1)O[P+](=O)OCc1ccccc1. The lowest BCUT2D eigenvalue weighted by Crippen LogP contribution is -1.87. The van der Waals surface area contributed by atoms with Gasteiger partial charge in [0.15, 0.2) is 4.31 Å². The van der Waals surface area contributed by atoms with Crippen molar-refractivity contribution in [2.24, 2.45) is 0 Å². The highest BCUT2D eigenvalue weighted by atomic mass is 31.2. The van der Waals surface area contributed by atoms with Gasteiger partial charge < -0.3 is 0 Å². The van der Waals surface area contributed by atoms with Gasteiger partial charge in [0.05, 0.1) is 0 Å². The summed E-state index contributed by atoms with van der Waals surface area (Å²) in [7, 11) is -4.97. The summed E-state index contributed by atoms with van der Waals surface area (Å²) in [5.74, 6) is 0. The van der Waals surface area contributed by atoms with Crippen molar-refractivity contribution in [1.29, 1.82) is 0 Å². The van der Waals surface area contributed by atoms with Crippen molar-refractivity contribution in [2.75, 3.05) is 0 Å². The maximum absolute atomic E-state index is 11.5. The van der Waals surface area contributed by atoms with E-state index < -0.39 is 16.5 Å². The molecule has 0 aromatic heterocycles. The van der Waals surface area contributed by atoms with Gasteiger partial charge in [-0.1, -0.05) is 60.7 Å². The molecule has 2 unspecified atom stereocenters. The summed E-state index contributed by atoms with van der Waals surface area (Å²) in [5.41, 5.74) is 1.70. The lowest BCUT2D eigenvalue weighted by molar-refractivity contribution is 0.243. The summed E-state index contributed by atoms with van der Waals surface area (Å²) < 4.78 is 37.6. The van der Waals surface area contributed by atoms with Gasteiger partial charge in [-0.15, -0.1) is 9.05 Å². The molecule has 0 fully saturated rings. The molecule has 0 saturated heterocycles. The fourth-order valence-corrected chi connectivity index (χ4v) is 2.83. The fraction of sp³-hybridized carbons (Fsp3) is 0.143. The van der Waals surface area contributed by atoms with Crippen molar-refractivity contribution < 1.29 is 22.5 Å². The molecule has 0 spiro atoms. The Hall–Kier alpha value is -1.48. The van der Waals surface area contributed by atoms with E-state index in [4.69, 9.17) is 9.05 Å². The van der Waals surface area contributed by atoms with Crippen LogP contribution in [0.1, 0.15) is 11.1 Å². The number of rotatable bonds is 8. The van der Waals surface area contributed by atoms with Crippen LogP contribution in [-0.2, 0) is 35.7 Å². The Labute approximate surface area is 124 Å². The molecular formula is C14H14O5P2+2. The molecule has 7 heteroatoms. The third-order valence-electron chi connectivity index (χ3n) is 2.49. The summed E-state index contributed by atoms with van der Waals surface area (Å²) in [4.78, 5) is 0. The van der Waals surface area contributed by atoms with Crippen LogP contribution in [0.4, 0.5) is 0 Å². The lowest BCUT2D eigenvalue weighted by Gasteiger charge is -1.92. The van der Waals surface area contributed by atoms with Gasteiger partial charge in [-0.05, 0) is 11.1 Å². The molecule has 108 valence electrons. The molecule has 0 heterocycles. The predicted molar refractivity (Wildman–Crippen MR) is 78.8 cm³/mol. The molecule has 0 radical (unpaired) electrons. The van der Waals surface area contributed by atoms with Gasteiger partial charge >= 0.3 is 16.5 Å². The second kappa shape index (κ2) is 8.73. The van der Waals surface area contributed by atoms with Gasteiger partial charge in [0.2, 0.25) is 0 Å². The molecule has 0 bridgehead atoms. The number of benzene rings is 2. The summed E-state index contributed by atoms with van der Waals surface area (Å²) in [6.07, 6.45) is 0. The molecule has 5 nitrogen and oxygen atoms in total. The van der Waals surface area contributed by atoms with E-state index in [1.54, 1.807) is 0 Å². The third-order valence-corrected chi connectivity index (χ3v) is 4.24. The molecule has 0 saturated carbocycles. The Morgan fingerprint density at radius 3 is 1.43 bits per heavy atom. The normalized spacial score (nSPS) is 12.0. The zero-order chi connectivity index (χ0) is 14.9. The first-order valence-electron chi connectivity index (χ1n) is 6.20. The monoisotopic (exact) mass is 324 g/mol. The average molecular weight is 324 g/mol. The largest absolute Gasteiger partial charge is 0.748 e. The Morgan fingerprint density at radius 2 is 1.05 bits per heavy atom. The zero-order valence-corrected chi connectivity index (χ0v) is 12.9. The van der Waals surface area contributed by atoms with Crippen LogP contribution < -0.4 is 0 Å². The molecule has 0 N–H and O–H groups in total. The fourth-order valence-electron chi connectivity index (χ4n) is 1.50. The predicted octanol–water partition coefficient (Wildman–Crippen LogP) is 4.75. The highest BCUT2D eigenvalue weighted by Crippen LogP contribution is 2.40. The molecule has 0 aliphatic carbocycles. The summed E-state index contributed by atoms with van der Waals surface area (Å²) >= 11 is 0. The minimum Gasteiger partial charge on any atom is -0.111 e. The number of hydrogen-bond acceptors (Lipinski definition) is 5. The van der Waals surface area contributed by atoms with E-state index in [1.165, 1.54) is 0 Å². The van der Waals surface area contributed by atoms with Crippen LogP contribution in [0.25, 0.3) is 0 Å². The second-order valence-electron chi connectivity index (χ2n) is 4.05. The minimum atomic E-state index is -2.48. The second-order valence-corrected chi connectivity index (χ2v) is 6.11. The quantitative estimate of drug-likeness (QED) is 0.656. The van der Waals surface area contributed by atoms with Crippen LogP contribution in [0.2, 0.25) is 0 Å². The van der Waals surface area contributed by atoms with E-state index in [2.05, 4.69) is 4.31 Å². The van der Waals surface area contributed by atoms with Crippen LogP contribution in [0.15, 0.2) is 60.7 Å². The molecule has 2 aromatic carbocycles. The maximum Gasteiger partial charge on any atom is 0.748 e. The molecular weight excluding hydrogens is 310 g/mol. The van der Waals surface area contributed by atoms with E-state index in [0.29, 0.717) is 0 Å². The Kier molecular flexibility index (Phi) is 6.61.